The quantitative estimate of drug-likeness (QED) is 0.560. The van der Waals surface area contributed by atoms with Gasteiger partial charge in [-0.05, 0) is 48.5 Å². The van der Waals surface area contributed by atoms with Crippen molar-refractivity contribution in [3.63, 3.8) is 0 Å². The summed E-state index contributed by atoms with van der Waals surface area (Å²) in [5, 5.41) is 0.839. The smallest absolute Gasteiger partial charge is 0.261 e. The highest BCUT2D eigenvalue weighted by molar-refractivity contribution is 7.92. The number of anilines is 2. The van der Waals surface area contributed by atoms with Crippen molar-refractivity contribution in [1.82, 2.24) is 4.90 Å². The predicted molar refractivity (Wildman–Crippen MR) is 128 cm³/mol. The standard InChI is InChI=1S/C23H21Cl2N3O3S/c24-18-5-4-6-19(16-18)27-11-13-28(14-12-27)23(29)17-9-10-22(21(25)15-17)26-32(30,31)20-7-2-1-3-8-20/h1-10,15-16,26H,11-14H2. The Bertz CT molecular complexity index is 1230. The first kappa shape index (κ1) is 22.5. The lowest BCUT2D eigenvalue weighted by molar-refractivity contribution is 0.0747. The number of sulfonamides is 1. The number of rotatable bonds is 5. The third kappa shape index (κ3) is 5.01. The van der Waals surface area contributed by atoms with Gasteiger partial charge in [-0.1, -0.05) is 47.5 Å². The molecule has 166 valence electrons. The summed E-state index contributed by atoms with van der Waals surface area (Å²) < 4.78 is 27.5. The van der Waals surface area contributed by atoms with Crippen molar-refractivity contribution in [1.29, 1.82) is 0 Å². The van der Waals surface area contributed by atoms with Gasteiger partial charge in [0.25, 0.3) is 15.9 Å². The van der Waals surface area contributed by atoms with Crippen molar-refractivity contribution >= 4 is 50.5 Å². The molecule has 1 saturated heterocycles. The van der Waals surface area contributed by atoms with Crippen LogP contribution in [0.5, 0.6) is 0 Å². The number of amides is 1. The van der Waals surface area contributed by atoms with E-state index >= 15 is 0 Å². The van der Waals surface area contributed by atoms with Crippen molar-refractivity contribution < 1.29 is 13.2 Å². The topological polar surface area (TPSA) is 69.7 Å². The lowest BCUT2D eigenvalue weighted by atomic mass is 10.1. The minimum atomic E-state index is -3.77. The second kappa shape index (κ2) is 9.40. The van der Waals surface area contributed by atoms with Gasteiger partial charge in [0.15, 0.2) is 0 Å². The summed E-state index contributed by atoms with van der Waals surface area (Å²) in [4.78, 5) is 17.0. The number of benzene rings is 3. The minimum absolute atomic E-state index is 0.133. The first-order chi connectivity index (χ1) is 15.3. The van der Waals surface area contributed by atoms with E-state index in [1.165, 1.54) is 24.3 Å². The SMILES string of the molecule is O=C(c1ccc(NS(=O)(=O)c2ccccc2)c(Cl)c1)N1CCN(c2cccc(Cl)c2)CC1. The molecule has 32 heavy (non-hydrogen) atoms. The highest BCUT2D eigenvalue weighted by Crippen LogP contribution is 2.27. The first-order valence-corrected chi connectivity index (χ1v) is 12.2. The van der Waals surface area contributed by atoms with Gasteiger partial charge in [-0.25, -0.2) is 8.42 Å². The number of hydrogen-bond acceptors (Lipinski definition) is 4. The molecule has 1 heterocycles. The van der Waals surface area contributed by atoms with Crippen LogP contribution in [0.2, 0.25) is 10.0 Å². The van der Waals surface area contributed by atoms with Gasteiger partial charge in [0.2, 0.25) is 0 Å². The lowest BCUT2D eigenvalue weighted by Crippen LogP contribution is -2.48. The summed E-state index contributed by atoms with van der Waals surface area (Å²) >= 11 is 12.4. The monoisotopic (exact) mass is 489 g/mol. The molecule has 0 unspecified atom stereocenters. The molecule has 3 aromatic carbocycles. The number of hydrogen-bond donors (Lipinski definition) is 1. The van der Waals surface area contributed by atoms with Crippen molar-refractivity contribution in [2.24, 2.45) is 0 Å². The van der Waals surface area contributed by atoms with Gasteiger partial charge in [-0.15, -0.1) is 0 Å². The molecule has 1 amide bonds. The van der Waals surface area contributed by atoms with Gasteiger partial charge in [0.1, 0.15) is 0 Å². The molecule has 0 bridgehead atoms. The van der Waals surface area contributed by atoms with Gasteiger partial charge >= 0.3 is 0 Å². The number of nitrogens with one attached hydrogen (secondary N) is 1. The van der Waals surface area contributed by atoms with Crippen LogP contribution in [0.1, 0.15) is 10.4 Å². The van der Waals surface area contributed by atoms with E-state index in [1.807, 2.05) is 24.3 Å². The van der Waals surface area contributed by atoms with Gasteiger partial charge in [-0.3, -0.25) is 9.52 Å². The summed E-state index contributed by atoms with van der Waals surface area (Å²) in [6.45, 7) is 2.50. The first-order valence-electron chi connectivity index (χ1n) is 10.0. The van der Waals surface area contributed by atoms with Crippen LogP contribution in [0.25, 0.3) is 0 Å². The van der Waals surface area contributed by atoms with Crippen LogP contribution in [-0.2, 0) is 10.0 Å². The van der Waals surface area contributed by atoms with Crippen molar-refractivity contribution in [2.75, 3.05) is 35.8 Å². The maximum absolute atomic E-state index is 13.0. The summed E-state index contributed by atoms with van der Waals surface area (Å²) in [5.41, 5.74) is 1.66. The summed E-state index contributed by atoms with van der Waals surface area (Å²) in [7, 11) is -3.77. The van der Waals surface area contributed by atoms with E-state index in [1.54, 1.807) is 29.2 Å². The lowest BCUT2D eigenvalue weighted by Gasteiger charge is -2.36. The Morgan fingerprint density at radius 2 is 1.56 bits per heavy atom. The number of carbonyl (C=O) groups is 1. The molecule has 6 nitrogen and oxygen atoms in total. The zero-order chi connectivity index (χ0) is 22.7. The van der Waals surface area contributed by atoms with Crippen LogP contribution in [0.15, 0.2) is 77.7 Å². The van der Waals surface area contributed by atoms with Crippen LogP contribution >= 0.6 is 23.2 Å². The second-order valence-electron chi connectivity index (χ2n) is 7.37. The number of piperazine rings is 1. The fourth-order valence-corrected chi connectivity index (χ4v) is 5.13. The average Bonchev–Trinajstić information content (AvgIpc) is 2.80. The van der Waals surface area contributed by atoms with Gasteiger partial charge in [0, 0.05) is 42.5 Å². The minimum Gasteiger partial charge on any atom is -0.368 e. The maximum Gasteiger partial charge on any atom is 0.261 e. The van der Waals surface area contributed by atoms with Crippen LogP contribution in [0.4, 0.5) is 11.4 Å². The Hall–Kier alpha value is -2.74. The molecule has 1 aliphatic rings. The largest absolute Gasteiger partial charge is 0.368 e. The summed E-state index contributed by atoms with van der Waals surface area (Å²) in [6.07, 6.45) is 0. The van der Waals surface area contributed by atoms with E-state index in [9.17, 15) is 13.2 Å². The highest BCUT2D eigenvalue weighted by atomic mass is 35.5. The van der Waals surface area contributed by atoms with Gasteiger partial charge in [-0.2, -0.15) is 0 Å². The molecule has 0 spiro atoms. The molecule has 9 heteroatoms. The molecule has 0 atom stereocenters. The van der Waals surface area contributed by atoms with Crippen LogP contribution < -0.4 is 9.62 Å². The van der Waals surface area contributed by atoms with Crippen molar-refractivity contribution in [3.8, 4) is 0 Å². The molecule has 0 radical (unpaired) electrons. The van der Waals surface area contributed by atoms with E-state index in [0.717, 1.165) is 5.69 Å². The Kier molecular flexibility index (Phi) is 6.60. The molecule has 1 fully saturated rings. The second-order valence-corrected chi connectivity index (χ2v) is 9.90. The van der Waals surface area contributed by atoms with Crippen molar-refractivity contribution in [2.45, 2.75) is 4.90 Å². The van der Waals surface area contributed by atoms with E-state index in [0.29, 0.717) is 36.8 Å². The molecular formula is C23H21Cl2N3O3S. The number of nitrogens with zero attached hydrogens (tertiary/aromatic N) is 2. The zero-order valence-electron chi connectivity index (χ0n) is 17.0. The average molecular weight is 490 g/mol. The molecule has 0 aliphatic carbocycles. The van der Waals surface area contributed by atoms with E-state index in [-0.39, 0.29) is 21.5 Å². The fourth-order valence-electron chi connectivity index (χ4n) is 3.56. The predicted octanol–water partition coefficient (Wildman–Crippen LogP) is 4.76. The normalized spacial score (nSPS) is 14.3. The Morgan fingerprint density at radius 1 is 0.844 bits per heavy atom. The molecular weight excluding hydrogens is 469 g/mol. The zero-order valence-corrected chi connectivity index (χ0v) is 19.4. The molecule has 1 N–H and O–H groups in total. The van der Waals surface area contributed by atoms with E-state index < -0.39 is 10.0 Å². The Labute approximate surface area is 197 Å². The Balaban J connectivity index is 1.42. The van der Waals surface area contributed by atoms with Crippen LogP contribution in [0, 0.1) is 0 Å². The molecule has 1 aliphatic heterocycles. The molecule has 3 aromatic rings. The maximum atomic E-state index is 13.0. The van der Waals surface area contributed by atoms with E-state index in [2.05, 4.69) is 9.62 Å². The molecule has 0 aromatic heterocycles. The third-order valence-electron chi connectivity index (χ3n) is 5.25. The highest BCUT2D eigenvalue weighted by Gasteiger charge is 2.23. The van der Waals surface area contributed by atoms with E-state index in [4.69, 9.17) is 23.2 Å². The van der Waals surface area contributed by atoms with Crippen LogP contribution in [-0.4, -0.2) is 45.4 Å². The number of halogens is 2. The van der Waals surface area contributed by atoms with Gasteiger partial charge in [0.05, 0.1) is 15.6 Å². The Morgan fingerprint density at radius 3 is 2.22 bits per heavy atom. The molecule has 4 rings (SSSR count). The van der Waals surface area contributed by atoms with Gasteiger partial charge < -0.3 is 9.80 Å². The molecule has 0 saturated carbocycles. The third-order valence-corrected chi connectivity index (χ3v) is 7.18. The van der Waals surface area contributed by atoms with Crippen molar-refractivity contribution in [3.05, 3.63) is 88.4 Å². The number of carbonyl (C=O) groups excluding carboxylic acids is 1. The summed E-state index contributed by atoms with van der Waals surface area (Å²) in [5.74, 6) is -0.143. The summed E-state index contributed by atoms with van der Waals surface area (Å²) in [6, 6.07) is 20.3. The van der Waals surface area contributed by atoms with Crippen LogP contribution in [0.3, 0.4) is 0 Å². The fraction of sp³-hybridized carbons (Fsp3) is 0.174.